The lowest BCUT2D eigenvalue weighted by molar-refractivity contribution is 0.275. The van der Waals surface area contributed by atoms with Gasteiger partial charge in [-0.15, -0.1) is 0 Å². The number of nitrogens with one attached hydrogen (secondary N) is 1. The van der Waals surface area contributed by atoms with Crippen LogP contribution in [0.25, 0.3) is 0 Å². The summed E-state index contributed by atoms with van der Waals surface area (Å²) >= 11 is 0. The highest BCUT2D eigenvalue weighted by Crippen LogP contribution is 2.20. The summed E-state index contributed by atoms with van der Waals surface area (Å²) in [4.78, 5) is 0. The lowest BCUT2D eigenvalue weighted by atomic mass is 9.85. The molecule has 0 saturated heterocycles. The molecule has 0 bridgehead atoms. The van der Waals surface area contributed by atoms with E-state index in [9.17, 15) is 0 Å². The Morgan fingerprint density at radius 3 is 2.14 bits per heavy atom. The maximum Gasteiger partial charge on any atom is 0.147 e. The van der Waals surface area contributed by atoms with Crippen LogP contribution in [0.4, 0.5) is 0 Å². The number of rotatable bonds is 8. The minimum atomic E-state index is -0.101. The van der Waals surface area contributed by atoms with E-state index < -0.39 is 0 Å². The van der Waals surface area contributed by atoms with Gasteiger partial charge >= 0.3 is 0 Å². The van der Waals surface area contributed by atoms with Crippen molar-refractivity contribution in [3.63, 3.8) is 0 Å². The van der Waals surface area contributed by atoms with Gasteiger partial charge in [-0.2, -0.15) is 0 Å². The molecule has 0 saturated carbocycles. The van der Waals surface area contributed by atoms with Gasteiger partial charge in [-0.05, 0) is 29.9 Å². The highest BCUT2D eigenvalue weighted by Gasteiger charge is 2.20. The zero-order chi connectivity index (χ0) is 15.8. The van der Waals surface area contributed by atoms with Crippen molar-refractivity contribution in [1.29, 1.82) is 0 Å². The summed E-state index contributed by atoms with van der Waals surface area (Å²) < 4.78 is 0. The van der Waals surface area contributed by atoms with Gasteiger partial charge in [-0.25, -0.2) is 0 Å². The van der Waals surface area contributed by atoms with E-state index in [0.717, 1.165) is 12.1 Å². The normalized spacial score (nSPS) is 14.1. The van der Waals surface area contributed by atoms with Crippen LogP contribution < -0.4 is 11.1 Å². The van der Waals surface area contributed by atoms with Gasteiger partial charge < -0.3 is 16.3 Å². The van der Waals surface area contributed by atoms with E-state index >= 15 is 0 Å². The number of hydrogen-bond acceptors (Lipinski definition) is 3. The predicted octanol–water partition coefficient (Wildman–Crippen LogP) is 3.03. The van der Waals surface area contributed by atoms with E-state index in [1.807, 2.05) is 30.3 Å². The molecular weight excluding hydrogens is 262 g/mol. The second-order valence-electron chi connectivity index (χ2n) is 6.30. The van der Waals surface area contributed by atoms with Crippen LogP contribution in [0.3, 0.4) is 0 Å². The molecular formula is C17H29N3O. The summed E-state index contributed by atoms with van der Waals surface area (Å²) in [5.41, 5.74) is 6.91. The molecule has 0 aliphatic heterocycles. The molecule has 0 radical (unpaired) electrons. The molecule has 1 aromatic carbocycles. The van der Waals surface area contributed by atoms with Crippen LogP contribution in [-0.4, -0.2) is 24.1 Å². The van der Waals surface area contributed by atoms with Gasteiger partial charge in [0.05, 0.1) is 5.92 Å². The van der Waals surface area contributed by atoms with Crippen molar-refractivity contribution in [2.24, 2.45) is 28.6 Å². The van der Waals surface area contributed by atoms with Crippen LogP contribution in [0.1, 0.15) is 39.2 Å². The van der Waals surface area contributed by atoms with Gasteiger partial charge in [-0.1, -0.05) is 63.2 Å². The van der Waals surface area contributed by atoms with E-state index in [0.29, 0.717) is 24.3 Å². The molecule has 4 nitrogen and oxygen atoms in total. The average molecular weight is 291 g/mol. The molecule has 1 atom stereocenters. The second kappa shape index (κ2) is 8.67. The van der Waals surface area contributed by atoms with Crippen LogP contribution in [-0.2, 0) is 0 Å². The van der Waals surface area contributed by atoms with Gasteiger partial charge in [0.1, 0.15) is 5.84 Å². The largest absolute Gasteiger partial charge is 0.409 e. The summed E-state index contributed by atoms with van der Waals surface area (Å²) in [6.45, 7) is 10.6. The van der Waals surface area contributed by atoms with Crippen molar-refractivity contribution in [3.8, 4) is 0 Å². The van der Waals surface area contributed by atoms with Gasteiger partial charge in [0, 0.05) is 6.54 Å². The molecule has 0 heterocycles. The van der Waals surface area contributed by atoms with Crippen molar-refractivity contribution < 1.29 is 5.21 Å². The number of hydrogen-bond donors (Lipinski definition) is 3. The Balaban J connectivity index is 2.67. The average Bonchev–Trinajstić information content (AvgIpc) is 2.46. The minimum Gasteiger partial charge on any atom is -0.409 e. The van der Waals surface area contributed by atoms with E-state index in [-0.39, 0.29) is 11.8 Å². The number of nitrogens with zero attached hydrogens (tertiary/aromatic N) is 1. The Hall–Kier alpha value is -1.55. The lowest BCUT2D eigenvalue weighted by Crippen LogP contribution is -2.36. The summed E-state index contributed by atoms with van der Waals surface area (Å²) in [6, 6.07) is 9.92. The van der Waals surface area contributed by atoms with E-state index in [2.05, 4.69) is 38.2 Å². The van der Waals surface area contributed by atoms with Crippen LogP contribution in [0.5, 0.6) is 0 Å². The third-order valence-corrected chi connectivity index (χ3v) is 4.12. The minimum absolute atomic E-state index is 0.101. The van der Waals surface area contributed by atoms with Crippen LogP contribution in [0.2, 0.25) is 0 Å². The van der Waals surface area contributed by atoms with Gasteiger partial charge in [-0.3, -0.25) is 0 Å². The molecule has 1 aromatic rings. The fraction of sp³-hybridized carbons (Fsp3) is 0.588. The monoisotopic (exact) mass is 291 g/mol. The zero-order valence-corrected chi connectivity index (χ0v) is 13.6. The Morgan fingerprint density at radius 2 is 1.67 bits per heavy atom. The van der Waals surface area contributed by atoms with Crippen molar-refractivity contribution in [1.82, 2.24) is 5.32 Å². The second-order valence-corrected chi connectivity index (χ2v) is 6.30. The molecule has 4 heteroatoms. The van der Waals surface area contributed by atoms with E-state index in [1.54, 1.807) is 0 Å². The number of oxime groups is 1. The Labute approximate surface area is 128 Å². The maximum absolute atomic E-state index is 8.99. The number of benzene rings is 1. The van der Waals surface area contributed by atoms with Crippen molar-refractivity contribution in [2.45, 2.75) is 33.6 Å². The van der Waals surface area contributed by atoms with E-state index in [4.69, 9.17) is 10.9 Å². The first-order valence-corrected chi connectivity index (χ1v) is 7.70. The van der Waals surface area contributed by atoms with Crippen LogP contribution in [0.15, 0.2) is 35.5 Å². The molecule has 0 aliphatic rings. The van der Waals surface area contributed by atoms with Crippen LogP contribution >= 0.6 is 0 Å². The van der Waals surface area contributed by atoms with Gasteiger partial charge in [0.25, 0.3) is 0 Å². The standard InChI is InChI=1S/C17H29N3O/c1-12(2)15(13(3)4)10-19-11-16(17(18)20-21)14-8-6-5-7-9-14/h5-9,12-13,15-16,19,21H,10-11H2,1-4H3,(H2,18,20). The fourth-order valence-electron chi connectivity index (χ4n) is 2.78. The summed E-state index contributed by atoms with van der Waals surface area (Å²) in [5.74, 6) is 2.04. The molecule has 0 aromatic heterocycles. The maximum atomic E-state index is 8.99. The first-order valence-electron chi connectivity index (χ1n) is 7.70. The third-order valence-electron chi connectivity index (χ3n) is 4.12. The SMILES string of the molecule is CC(C)C(CNCC(/C(N)=N/O)c1ccccc1)C(C)C. The molecule has 1 rings (SSSR count). The summed E-state index contributed by atoms with van der Waals surface area (Å²) in [6.07, 6.45) is 0. The van der Waals surface area contributed by atoms with Gasteiger partial charge in [0.2, 0.25) is 0 Å². The first kappa shape index (κ1) is 17.5. The molecule has 0 aliphatic carbocycles. The summed E-state index contributed by atoms with van der Waals surface area (Å²) in [5, 5.41) is 15.7. The van der Waals surface area contributed by atoms with Crippen molar-refractivity contribution >= 4 is 5.84 Å². The molecule has 0 fully saturated rings. The molecule has 0 amide bonds. The highest BCUT2D eigenvalue weighted by molar-refractivity contribution is 5.87. The van der Waals surface area contributed by atoms with Gasteiger partial charge in [0.15, 0.2) is 0 Å². The Bertz CT molecular complexity index is 421. The third kappa shape index (κ3) is 5.38. The highest BCUT2D eigenvalue weighted by atomic mass is 16.4. The zero-order valence-electron chi connectivity index (χ0n) is 13.6. The van der Waals surface area contributed by atoms with Crippen molar-refractivity contribution in [3.05, 3.63) is 35.9 Å². The lowest BCUT2D eigenvalue weighted by Gasteiger charge is -2.26. The quantitative estimate of drug-likeness (QED) is 0.298. The molecule has 118 valence electrons. The topological polar surface area (TPSA) is 70.6 Å². The first-order chi connectivity index (χ1) is 9.97. The molecule has 0 spiro atoms. The molecule has 1 unspecified atom stereocenters. The molecule has 4 N–H and O–H groups in total. The van der Waals surface area contributed by atoms with Crippen LogP contribution in [0, 0.1) is 17.8 Å². The van der Waals surface area contributed by atoms with E-state index in [1.165, 1.54) is 0 Å². The predicted molar refractivity (Wildman–Crippen MR) is 88.6 cm³/mol. The van der Waals surface area contributed by atoms with Crippen molar-refractivity contribution in [2.75, 3.05) is 13.1 Å². The fourth-order valence-corrected chi connectivity index (χ4v) is 2.78. The molecule has 21 heavy (non-hydrogen) atoms. The Kier molecular flexibility index (Phi) is 7.23. The number of nitrogens with two attached hydrogens (primary N) is 1. The number of amidine groups is 1. The smallest absolute Gasteiger partial charge is 0.147 e. The Morgan fingerprint density at radius 1 is 1.10 bits per heavy atom. The summed E-state index contributed by atoms with van der Waals surface area (Å²) in [7, 11) is 0.